The lowest BCUT2D eigenvalue weighted by Gasteiger charge is -2.47. The summed E-state index contributed by atoms with van der Waals surface area (Å²) in [7, 11) is 0. The third-order valence-corrected chi connectivity index (χ3v) is 5.95. The number of benzene rings is 2. The van der Waals surface area contributed by atoms with Crippen molar-refractivity contribution in [2.75, 3.05) is 13.1 Å². The van der Waals surface area contributed by atoms with Crippen LogP contribution in [-0.4, -0.2) is 39.6 Å². The van der Waals surface area contributed by atoms with Gasteiger partial charge in [-0.25, -0.2) is 8.78 Å². The standard InChI is InChI=1S/C18H16Cl4F2N2O2/c1-8(27)26-17(9-2-15(23)13(21)4-11(9)19)6-25(28)7-18(26)10-3-16(24)14(22)5-12(10)20/h2-5,8,17-18,27-28H,6-7H2,1H3. The summed E-state index contributed by atoms with van der Waals surface area (Å²) in [5.74, 6) is -1.37. The van der Waals surface area contributed by atoms with Crippen molar-refractivity contribution in [3.8, 4) is 0 Å². The second-order valence-corrected chi connectivity index (χ2v) is 8.19. The van der Waals surface area contributed by atoms with E-state index < -0.39 is 29.9 Å². The van der Waals surface area contributed by atoms with Gasteiger partial charge in [-0.3, -0.25) is 4.90 Å². The number of halogens is 6. The maximum atomic E-state index is 14.1. The molecule has 0 saturated carbocycles. The smallest absolute Gasteiger partial charge is 0.142 e. The zero-order valence-electron chi connectivity index (χ0n) is 14.5. The van der Waals surface area contributed by atoms with Gasteiger partial charge in [0.1, 0.15) is 17.9 Å². The molecule has 10 heteroatoms. The summed E-state index contributed by atoms with van der Waals surface area (Å²) in [6.07, 6.45) is -1.05. The molecule has 1 fully saturated rings. The Hall–Kier alpha value is -0.700. The van der Waals surface area contributed by atoms with E-state index in [2.05, 4.69) is 0 Å². The zero-order valence-corrected chi connectivity index (χ0v) is 17.5. The van der Waals surface area contributed by atoms with Crippen LogP contribution in [-0.2, 0) is 0 Å². The first-order chi connectivity index (χ1) is 13.1. The van der Waals surface area contributed by atoms with Crippen LogP contribution in [0, 0.1) is 11.6 Å². The van der Waals surface area contributed by atoms with Crippen LogP contribution in [0.5, 0.6) is 0 Å². The van der Waals surface area contributed by atoms with Crippen LogP contribution in [0.25, 0.3) is 0 Å². The lowest BCUT2D eigenvalue weighted by molar-refractivity contribution is -0.182. The summed E-state index contributed by atoms with van der Waals surface area (Å²) in [5.41, 5.74) is 0.637. The van der Waals surface area contributed by atoms with Gasteiger partial charge in [0.25, 0.3) is 0 Å². The van der Waals surface area contributed by atoms with E-state index in [0.29, 0.717) is 11.1 Å². The van der Waals surface area contributed by atoms with Crippen LogP contribution < -0.4 is 0 Å². The molecule has 2 aromatic carbocycles. The summed E-state index contributed by atoms with van der Waals surface area (Å²) in [6, 6.07) is 3.38. The van der Waals surface area contributed by atoms with E-state index in [1.165, 1.54) is 19.1 Å². The van der Waals surface area contributed by atoms with Crippen LogP contribution in [0.2, 0.25) is 20.1 Å². The van der Waals surface area contributed by atoms with Gasteiger partial charge in [0.15, 0.2) is 0 Å². The molecule has 3 unspecified atom stereocenters. The van der Waals surface area contributed by atoms with Crippen molar-refractivity contribution in [3.05, 3.63) is 67.1 Å². The highest BCUT2D eigenvalue weighted by molar-refractivity contribution is 6.35. The SMILES string of the molecule is CC(O)N1C(c2cc(F)c(Cl)cc2Cl)CN(O)CC1c1cc(F)c(Cl)cc1Cl. The molecule has 0 aliphatic carbocycles. The second-order valence-electron chi connectivity index (χ2n) is 6.56. The van der Waals surface area contributed by atoms with Gasteiger partial charge in [0, 0.05) is 23.1 Å². The fourth-order valence-corrected chi connectivity index (χ4v) is 4.52. The monoisotopic (exact) mass is 470 g/mol. The number of aliphatic hydroxyl groups excluding tert-OH is 1. The van der Waals surface area contributed by atoms with Crippen molar-refractivity contribution in [1.82, 2.24) is 9.96 Å². The lowest BCUT2D eigenvalue weighted by atomic mass is 9.95. The van der Waals surface area contributed by atoms with Crippen LogP contribution in [0.3, 0.4) is 0 Å². The molecule has 3 atom stereocenters. The van der Waals surface area contributed by atoms with E-state index in [-0.39, 0.29) is 33.2 Å². The van der Waals surface area contributed by atoms with E-state index in [0.717, 1.165) is 17.2 Å². The number of hydroxylamine groups is 2. The summed E-state index contributed by atoms with van der Waals surface area (Å²) >= 11 is 24.1. The highest BCUT2D eigenvalue weighted by Crippen LogP contribution is 2.42. The number of aliphatic hydroxyl groups is 1. The molecule has 0 amide bonds. The minimum atomic E-state index is -1.05. The Bertz CT molecular complexity index is 833. The normalized spacial score (nSPS) is 22.5. The van der Waals surface area contributed by atoms with Crippen molar-refractivity contribution < 1.29 is 19.1 Å². The fourth-order valence-electron chi connectivity index (χ4n) is 3.50. The maximum Gasteiger partial charge on any atom is 0.142 e. The van der Waals surface area contributed by atoms with Crippen molar-refractivity contribution >= 4 is 46.4 Å². The molecule has 2 N–H and O–H groups in total. The molecule has 1 aliphatic rings. The Morgan fingerprint density at radius 2 is 1.25 bits per heavy atom. The van der Waals surface area contributed by atoms with Crippen LogP contribution in [0.4, 0.5) is 8.78 Å². The predicted molar refractivity (Wildman–Crippen MR) is 105 cm³/mol. The van der Waals surface area contributed by atoms with Gasteiger partial charge < -0.3 is 10.3 Å². The van der Waals surface area contributed by atoms with Crippen molar-refractivity contribution in [1.29, 1.82) is 0 Å². The molecule has 0 aromatic heterocycles. The first-order valence-corrected chi connectivity index (χ1v) is 9.79. The maximum absolute atomic E-state index is 14.1. The Morgan fingerprint density at radius 3 is 1.61 bits per heavy atom. The Labute approximate surface area is 180 Å². The Balaban J connectivity index is 2.13. The van der Waals surface area contributed by atoms with E-state index >= 15 is 0 Å². The number of rotatable bonds is 3. The molecule has 152 valence electrons. The first-order valence-electron chi connectivity index (χ1n) is 8.28. The highest BCUT2D eigenvalue weighted by atomic mass is 35.5. The molecule has 28 heavy (non-hydrogen) atoms. The van der Waals surface area contributed by atoms with Crippen LogP contribution >= 0.6 is 46.4 Å². The van der Waals surface area contributed by atoms with Crippen LogP contribution in [0.15, 0.2) is 24.3 Å². The van der Waals surface area contributed by atoms with Crippen LogP contribution in [0.1, 0.15) is 30.1 Å². The molecule has 2 aromatic rings. The minimum Gasteiger partial charge on any atom is -0.379 e. The van der Waals surface area contributed by atoms with Gasteiger partial charge in [-0.15, -0.1) is 0 Å². The van der Waals surface area contributed by atoms with Crippen molar-refractivity contribution in [2.24, 2.45) is 0 Å². The number of hydrogen-bond acceptors (Lipinski definition) is 4. The quantitative estimate of drug-likeness (QED) is 0.563. The van der Waals surface area contributed by atoms with Gasteiger partial charge in [-0.2, -0.15) is 5.06 Å². The van der Waals surface area contributed by atoms with E-state index in [4.69, 9.17) is 46.4 Å². The number of piperazine rings is 1. The van der Waals surface area contributed by atoms with Gasteiger partial charge in [-0.1, -0.05) is 46.4 Å². The Kier molecular flexibility index (Phi) is 6.74. The summed E-state index contributed by atoms with van der Waals surface area (Å²) in [6.45, 7) is 1.55. The van der Waals surface area contributed by atoms with Gasteiger partial charge in [-0.05, 0) is 42.3 Å². The zero-order chi connectivity index (χ0) is 20.7. The molecule has 1 heterocycles. The van der Waals surface area contributed by atoms with Gasteiger partial charge in [0.05, 0.1) is 22.1 Å². The lowest BCUT2D eigenvalue weighted by Crippen LogP contribution is -2.52. The average Bonchev–Trinajstić information content (AvgIpc) is 2.60. The van der Waals surface area contributed by atoms with E-state index in [1.54, 1.807) is 4.90 Å². The molecule has 0 spiro atoms. The minimum absolute atomic E-state index is 0.0237. The van der Waals surface area contributed by atoms with Gasteiger partial charge in [0.2, 0.25) is 0 Å². The van der Waals surface area contributed by atoms with Crippen molar-refractivity contribution in [3.63, 3.8) is 0 Å². The van der Waals surface area contributed by atoms with E-state index in [9.17, 15) is 19.1 Å². The third-order valence-electron chi connectivity index (χ3n) is 4.72. The molecule has 0 radical (unpaired) electrons. The fraction of sp³-hybridized carbons (Fsp3) is 0.333. The summed E-state index contributed by atoms with van der Waals surface area (Å²) in [5, 5.41) is 21.8. The Morgan fingerprint density at radius 1 is 0.857 bits per heavy atom. The molecule has 3 rings (SSSR count). The predicted octanol–water partition coefficient (Wildman–Crippen LogP) is 5.71. The van der Waals surface area contributed by atoms with Gasteiger partial charge >= 0.3 is 0 Å². The highest BCUT2D eigenvalue weighted by Gasteiger charge is 2.40. The average molecular weight is 472 g/mol. The van der Waals surface area contributed by atoms with E-state index in [1.807, 2.05) is 0 Å². The topological polar surface area (TPSA) is 46.9 Å². The molecule has 1 saturated heterocycles. The summed E-state index contributed by atoms with van der Waals surface area (Å²) in [4.78, 5) is 1.58. The number of nitrogens with zero attached hydrogens (tertiary/aromatic N) is 2. The molecule has 0 bridgehead atoms. The second kappa shape index (κ2) is 8.58. The number of hydrogen-bond donors (Lipinski definition) is 2. The molecular formula is C18H16Cl4F2N2O2. The molecule has 1 aliphatic heterocycles. The summed E-state index contributed by atoms with van der Waals surface area (Å²) < 4.78 is 28.2. The first kappa shape index (κ1) is 22.0. The third kappa shape index (κ3) is 4.25. The molecular weight excluding hydrogens is 456 g/mol. The largest absolute Gasteiger partial charge is 0.379 e. The molecule has 4 nitrogen and oxygen atoms in total. The van der Waals surface area contributed by atoms with Crippen molar-refractivity contribution in [2.45, 2.75) is 25.2 Å².